The Morgan fingerprint density at radius 1 is 1.00 bits per heavy atom. The lowest BCUT2D eigenvalue weighted by molar-refractivity contribution is 0.171. The van der Waals surface area contributed by atoms with Crippen LogP contribution >= 0.6 is 0 Å². The van der Waals surface area contributed by atoms with Gasteiger partial charge in [-0.05, 0) is 30.3 Å². The molecule has 1 heterocycles. The van der Waals surface area contributed by atoms with Gasteiger partial charge in [0.2, 0.25) is 10.0 Å². The second kappa shape index (κ2) is 6.13. The molecule has 2 aromatic carbocycles. The maximum atomic E-state index is 13.5. The summed E-state index contributed by atoms with van der Waals surface area (Å²) >= 11 is 0. The van der Waals surface area contributed by atoms with Crippen molar-refractivity contribution in [3.63, 3.8) is 0 Å². The standard InChI is InChI=1S/C15H13F2NO4S/c16-11-1-3-13(17)10(7-11)9-18-23(19,20)12-2-4-14-15(8-12)22-6-5-21-14/h1-4,7-8,18H,5-6,9H2. The summed E-state index contributed by atoms with van der Waals surface area (Å²) < 4.78 is 64.0. The van der Waals surface area contributed by atoms with Crippen molar-refractivity contribution >= 4 is 10.0 Å². The average Bonchev–Trinajstić information content (AvgIpc) is 2.55. The van der Waals surface area contributed by atoms with Crippen molar-refractivity contribution in [3.05, 3.63) is 53.6 Å². The van der Waals surface area contributed by atoms with Crippen molar-refractivity contribution in [1.82, 2.24) is 4.72 Å². The van der Waals surface area contributed by atoms with E-state index >= 15 is 0 Å². The van der Waals surface area contributed by atoms with E-state index < -0.39 is 21.7 Å². The number of benzene rings is 2. The predicted octanol–water partition coefficient (Wildman–Crippen LogP) is 2.21. The summed E-state index contributed by atoms with van der Waals surface area (Å²) in [6.07, 6.45) is 0. The molecule has 3 rings (SSSR count). The number of ether oxygens (including phenoxy) is 2. The second-order valence-electron chi connectivity index (χ2n) is 4.87. The topological polar surface area (TPSA) is 64.6 Å². The first kappa shape index (κ1) is 15.7. The molecule has 8 heteroatoms. The first-order chi connectivity index (χ1) is 11.0. The number of hydrogen-bond acceptors (Lipinski definition) is 4. The van der Waals surface area contributed by atoms with Crippen molar-refractivity contribution in [2.75, 3.05) is 13.2 Å². The van der Waals surface area contributed by atoms with Gasteiger partial charge in [-0.25, -0.2) is 21.9 Å². The van der Waals surface area contributed by atoms with E-state index in [2.05, 4.69) is 4.72 Å². The number of halogens is 2. The molecule has 0 bridgehead atoms. The third-order valence-corrected chi connectivity index (χ3v) is 4.68. The van der Waals surface area contributed by atoms with Crippen LogP contribution in [0.25, 0.3) is 0 Å². The molecule has 0 aromatic heterocycles. The largest absolute Gasteiger partial charge is 0.486 e. The monoisotopic (exact) mass is 341 g/mol. The van der Waals surface area contributed by atoms with E-state index in [-0.39, 0.29) is 17.0 Å². The summed E-state index contributed by atoms with van der Waals surface area (Å²) in [4.78, 5) is -0.0430. The fraction of sp³-hybridized carbons (Fsp3) is 0.200. The fourth-order valence-corrected chi connectivity index (χ4v) is 3.15. The zero-order valence-electron chi connectivity index (χ0n) is 11.9. The molecular formula is C15H13F2NO4S. The van der Waals surface area contributed by atoms with Crippen molar-refractivity contribution < 1.29 is 26.7 Å². The summed E-state index contributed by atoms with van der Waals surface area (Å²) in [5, 5.41) is 0. The normalized spacial score (nSPS) is 13.8. The van der Waals surface area contributed by atoms with Gasteiger partial charge in [-0.15, -0.1) is 0 Å². The van der Waals surface area contributed by atoms with Gasteiger partial charge in [0.1, 0.15) is 24.8 Å². The minimum atomic E-state index is -3.90. The zero-order chi connectivity index (χ0) is 16.4. The van der Waals surface area contributed by atoms with Crippen LogP contribution in [0.15, 0.2) is 41.3 Å². The van der Waals surface area contributed by atoms with Crippen LogP contribution in [-0.2, 0) is 16.6 Å². The van der Waals surface area contributed by atoms with Crippen LogP contribution in [0.2, 0.25) is 0 Å². The van der Waals surface area contributed by atoms with Crippen LogP contribution in [-0.4, -0.2) is 21.6 Å². The lowest BCUT2D eigenvalue weighted by atomic mass is 10.2. The van der Waals surface area contributed by atoms with Gasteiger partial charge in [0.25, 0.3) is 0 Å². The Balaban J connectivity index is 1.80. The Labute approximate surface area is 131 Å². The molecule has 0 saturated heterocycles. The van der Waals surface area contributed by atoms with E-state index in [9.17, 15) is 17.2 Å². The predicted molar refractivity (Wildman–Crippen MR) is 77.8 cm³/mol. The Hall–Kier alpha value is -2.19. The first-order valence-electron chi connectivity index (χ1n) is 6.79. The molecule has 1 aliphatic rings. The summed E-state index contributed by atoms with van der Waals surface area (Å²) in [7, 11) is -3.90. The molecule has 23 heavy (non-hydrogen) atoms. The first-order valence-corrected chi connectivity index (χ1v) is 8.27. The van der Waals surface area contributed by atoms with E-state index in [0.29, 0.717) is 24.7 Å². The molecular weight excluding hydrogens is 328 g/mol. The number of fused-ring (bicyclic) bond motifs is 1. The van der Waals surface area contributed by atoms with Gasteiger partial charge in [-0.1, -0.05) is 0 Å². The van der Waals surface area contributed by atoms with Gasteiger partial charge in [0, 0.05) is 18.2 Å². The number of nitrogens with one attached hydrogen (secondary N) is 1. The minimum Gasteiger partial charge on any atom is -0.486 e. The zero-order valence-corrected chi connectivity index (χ0v) is 12.7. The molecule has 1 aliphatic heterocycles. The summed E-state index contributed by atoms with van der Waals surface area (Å²) in [5.41, 5.74) is -0.0777. The van der Waals surface area contributed by atoms with E-state index in [1.54, 1.807) is 0 Å². The molecule has 0 spiro atoms. The Morgan fingerprint density at radius 3 is 2.52 bits per heavy atom. The van der Waals surface area contributed by atoms with E-state index in [0.717, 1.165) is 18.2 Å². The third-order valence-electron chi connectivity index (χ3n) is 3.28. The van der Waals surface area contributed by atoms with Gasteiger partial charge >= 0.3 is 0 Å². The molecule has 0 fully saturated rings. The number of rotatable bonds is 4. The lowest BCUT2D eigenvalue weighted by Crippen LogP contribution is -2.24. The van der Waals surface area contributed by atoms with Gasteiger partial charge in [0.15, 0.2) is 11.5 Å². The maximum absolute atomic E-state index is 13.5. The molecule has 1 N–H and O–H groups in total. The van der Waals surface area contributed by atoms with Crippen molar-refractivity contribution in [2.24, 2.45) is 0 Å². The smallest absolute Gasteiger partial charge is 0.241 e. The van der Waals surface area contributed by atoms with Gasteiger partial charge in [-0.2, -0.15) is 0 Å². The Kier molecular flexibility index (Phi) is 4.18. The summed E-state index contributed by atoms with van der Waals surface area (Å²) in [5.74, 6) is -0.529. The highest BCUT2D eigenvalue weighted by Gasteiger charge is 2.19. The molecule has 5 nitrogen and oxygen atoms in total. The SMILES string of the molecule is O=S(=O)(NCc1cc(F)ccc1F)c1ccc2c(c1)OCCO2. The second-order valence-corrected chi connectivity index (χ2v) is 6.63. The molecule has 0 atom stereocenters. The van der Waals surface area contributed by atoms with Crippen molar-refractivity contribution in [1.29, 1.82) is 0 Å². The van der Waals surface area contributed by atoms with Gasteiger partial charge < -0.3 is 9.47 Å². The number of hydrogen-bond donors (Lipinski definition) is 1. The summed E-state index contributed by atoms with van der Waals surface area (Å²) in [6.45, 7) is 0.370. The summed E-state index contributed by atoms with van der Waals surface area (Å²) in [6, 6.07) is 7.04. The molecule has 0 radical (unpaired) electrons. The average molecular weight is 341 g/mol. The highest BCUT2D eigenvalue weighted by molar-refractivity contribution is 7.89. The van der Waals surface area contributed by atoms with Crippen molar-refractivity contribution in [2.45, 2.75) is 11.4 Å². The quantitative estimate of drug-likeness (QED) is 0.926. The van der Waals surface area contributed by atoms with Crippen LogP contribution < -0.4 is 14.2 Å². The van der Waals surface area contributed by atoms with Gasteiger partial charge in [-0.3, -0.25) is 0 Å². The van der Waals surface area contributed by atoms with Crippen molar-refractivity contribution in [3.8, 4) is 11.5 Å². The molecule has 122 valence electrons. The van der Waals surface area contributed by atoms with E-state index in [1.165, 1.54) is 18.2 Å². The lowest BCUT2D eigenvalue weighted by Gasteiger charge is -2.19. The van der Waals surface area contributed by atoms with Crippen LogP contribution in [0.3, 0.4) is 0 Å². The van der Waals surface area contributed by atoms with Crippen LogP contribution in [0.4, 0.5) is 8.78 Å². The Bertz CT molecular complexity index is 839. The molecule has 0 amide bonds. The molecule has 0 aliphatic carbocycles. The van der Waals surface area contributed by atoms with Gasteiger partial charge in [0.05, 0.1) is 4.90 Å². The van der Waals surface area contributed by atoms with E-state index in [4.69, 9.17) is 9.47 Å². The van der Waals surface area contributed by atoms with Crippen LogP contribution in [0, 0.1) is 11.6 Å². The van der Waals surface area contributed by atoms with Crippen LogP contribution in [0.1, 0.15) is 5.56 Å². The third kappa shape index (κ3) is 3.43. The Morgan fingerprint density at radius 2 is 1.74 bits per heavy atom. The van der Waals surface area contributed by atoms with E-state index in [1.807, 2.05) is 0 Å². The maximum Gasteiger partial charge on any atom is 0.241 e. The minimum absolute atomic E-state index is 0.0430. The highest BCUT2D eigenvalue weighted by atomic mass is 32.2. The van der Waals surface area contributed by atoms with Crippen LogP contribution in [0.5, 0.6) is 11.5 Å². The molecule has 2 aromatic rings. The fourth-order valence-electron chi connectivity index (χ4n) is 2.13. The number of sulfonamides is 1. The highest BCUT2D eigenvalue weighted by Crippen LogP contribution is 2.32. The molecule has 0 saturated carbocycles. The molecule has 0 unspecified atom stereocenters.